The van der Waals surface area contributed by atoms with E-state index in [0.29, 0.717) is 5.56 Å². The van der Waals surface area contributed by atoms with Crippen LogP contribution in [0.1, 0.15) is 26.3 Å². The summed E-state index contributed by atoms with van der Waals surface area (Å²) in [7, 11) is 3.89. The maximum Gasteiger partial charge on any atom is 0.337 e. The molecule has 0 saturated carbocycles. The third-order valence-corrected chi connectivity index (χ3v) is 2.18. The normalized spacial score (nSPS) is 9.94. The molecule has 1 aromatic rings. The van der Waals surface area contributed by atoms with Crippen molar-refractivity contribution < 1.29 is 28.8 Å². The second kappa shape index (κ2) is 6.73. The van der Waals surface area contributed by atoms with E-state index < -0.39 is 11.9 Å². The van der Waals surface area contributed by atoms with E-state index in [2.05, 4.69) is 14.4 Å². The Morgan fingerprint density at radius 2 is 1.44 bits per heavy atom. The topological polar surface area (TPSA) is 71.1 Å². The average Bonchev–Trinajstić information content (AvgIpc) is 2.42. The van der Waals surface area contributed by atoms with E-state index in [1.54, 1.807) is 12.1 Å². The lowest BCUT2D eigenvalue weighted by Gasteiger charge is -2.07. The molecule has 0 saturated heterocycles. The van der Waals surface area contributed by atoms with Crippen LogP contribution in [-0.2, 0) is 25.9 Å². The molecular formula is C12H14O6. The summed E-state index contributed by atoms with van der Waals surface area (Å²) < 4.78 is 9.20. The minimum atomic E-state index is -0.542. The summed E-state index contributed by atoms with van der Waals surface area (Å²) in [4.78, 5) is 32.1. The van der Waals surface area contributed by atoms with Crippen molar-refractivity contribution in [2.75, 3.05) is 21.3 Å². The molecule has 0 aliphatic carbocycles. The summed E-state index contributed by atoms with van der Waals surface area (Å²) in [6, 6.07) is 4.50. The van der Waals surface area contributed by atoms with Crippen molar-refractivity contribution in [2.45, 2.75) is 6.61 Å². The van der Waals surface area contributed by atoms with Crippen LogP contribution < -0.4 is 0 Å². The first-order valence-corrected chi connectivity index (χ1v) is 5.08. The van der Waals surface area contributed by atoms with Crippen molar-refractivity contribution in [1.29, 1.82) is 0 Å². The molecule has 18 heavy (non-hydrogen) atoms. The number of benzene rings is 1. The second-order valence-corrected chi connectivity index (χ2v) is 3.33. The molecular weight excluding hydrogens is 240 g/mol. The fourth-order valence-corrected chi connectivity index (χ4v) is 1.37. The maximum atomic E-state index is 11.5. The van der Waals surface area contributed by atoms with Crippen molar-refractivity contribution in [3.63, 3.8) is 0 Å². The van der Waals surface area contributed by atoms with Crippen molar-refractivity contribution >= 4 is 11.9 Å². The smallest absolute Gasteiger partial charge is 0.337 e. The highest BCUT2D eigenvalue weighted by Crippen LogP contribution is 2.14. The Hall–Kier alpha value is -1.92. The lowest BCUT2D eigenvalue weighted by Crippen LogP contribution is -2.08. The number of ether oxygens (including phenoxy) is 2. The van der Waals surface area contributed by atoms with Gasteiger partial charge in [0, 0.05) is 0 Å². The van der Waals surface area contributed by atoms with Gasteiger partial charge in [-0.3, -0.25) is 0 Å². The number of rotatable bonds is 5. The van der Waals surface area contributed by atoms with Gasteiger partial charge in [-0.25, -0.2) is 19.4 Å². The van der Waals surface area contributed by atoms with Gasteiger partial charge in [-0.15, -0.1) is 0 Å². The lowest BCUT2D eigenvalue weighted by atomic mass is 10.1. The molecule has 0 amide bonds. The number of carbonyl (C=O) groups is 2. The predicted molar refractivity (Wildman–Crippen MR) is 60.9 cm³/mol. The molecule has 0 N–H and O–H groups in total. The second-order valence-electron chi connectivity index (χ2n) is 3.33. The molecule has 0 bridgehead atoms. The van der Waals surface area contributed by atoms with E-state index >= 15 is 0 Å². The number of methoxy groups -OCH3 is 2. The van der Waals surface area contributed by atoms with Crippen molar-refractivity contribution in [1.82, 2.24) is 0 Å². The van der Waals surface area contributed by atoms with Gasteiger partial charge in [0.15, 0.2) is 0 Å². The summed E-state index contributed by atoms with van der Waals surface area (Å²) in [6.07, 6.45) is 0. The highest BCUT2D eigenvalue weighted by Gasteiger charge is 2.13. The third-order valence-electron chi connectivity index (χ3n) is 2.18. The van der Waals surface area contributed by atoms with Gasteiger partial charge >= 0.3 is 11.9 Å². The van der Waals surface area contributed by atoms with E-state index in [1.807, 2.05) is 0 Å². The van der Waals surface area contributed by atoms with Gasteiger partial charge < -0.3 is 9.47 Å². The fraction of sp³-hybridized carbons (Fsp3) is 0.333. The van der Waals surface area contributed by atoms with E-state index in [0.717, 1.165) is 0 Å². The summed E-state index contributed by atoms with van der Waals surface area (Å²) in [5.74, 6) is -1.08. The largest absolute Gasteiger partial charge is 0.465 e. The first kappa shape index (κ1) is 14.1. The zero-order valence-electron chi connectivity index (χ0n) is 10.4. The van der Waals surface area contributed by atoms with Gasteiger partial charge in [-0.05, 0) is 23.8 Å². The maximum absolute atomic E-state index is 11.5. The highest BCUT2D eigenvalue weighted by atomic mass is 17.2. The predicted octanol–water partition coefficient (Wildman–Crippen LogP) is 1.34. The SMILES string of the molecule is COOCc1cc(C(=O)OC)cc(C(=O)OC)c1. The van der Waals surface area contributed by atoms with Crippen LogP contribution in [0.2, 0.25) is 0 Å². The van der Waals surface area contributed by atoms with Gasteiger partial charge in [-0.1, -0.05) is 0 Å². The molecule has 1 aromatic carbocycles. The minimum Gasteiger partial charge on any atom is -0.465 e. The Labute approximate surface area is 104 Å². The average molecular weight is 254 g/mol. The van der Waals surface area contributed by atoms with Crippen molar-refractivity contribution in [3.8, 4) is 0 Å². The molecule has 0 atom stereocenters. The lowest BCUT2D eigenvalue weighted by molar-refractivity contribution is -0.282. The van der Waals surface area contributed by atoms with Crippen molar-refractivity contribution in [2.24, 2.45) is 0 Å². The van der Waals surface area contributed by atoms with E-state index in [9.17, 15) is 9.59 Å². The van der Waals surface area contributed by atoms with Crippen LogP contribution >= 0.6 is 0 Å². The summed E-state index contributed by atoms with van der Waals surface area (Å²) >= 11 is 0. The number of hydrogen-bond acceptors (Lipinski definition) is 6. The van der Waals surface area contributed by atoms with Crippen LogP contribution in [0.4, 0.5) is 0 Å². The molecule has 0 heterocycles. The van der Waals surface area contributed by atoms with Gasteiger partial charge in [0.05, 0.1) is 32.5 Å². The number of hydrogen-bond donors (Lipinski definition) is 0. The molecule has 0 aliphatic heterocycles. The number of carbonyl (C=O) groups excluding carboxylic acids is 2. The molecule has 0 spiro atoms. The Morgan fingerprint density at radius 3 is 1.83 bits per heavy atom. The molecule has 0 aliphatic rings. The summed E-state index contributed by atoms with van der Waals surface area (Å²) in [6.45, 7) is 0.103. The Kier molecular flexibility index (Phi) is 5.29. The van der Waals surface area contributed by atoms with Gasteiger partial charge in [-0.2, -0.15) is 0 Å². The zero-order valence-corrected chi connectivity index (χ0v) is 10.4. The minimum absolute atomic E-state index is 0.103. The van der Waals surface area contributed by atoms with Gasteiger partial charge in [0.2, 0.25) is 0 Å². The standard InChI is InChI=1S/C12H14O6/c1-15-11(13)9-4-8(7-18-17-3)5-10(6-9)12(14)16-2/h4-6H,7H2,1-3H3. The molecule has 6 heteroatoms. The first-order valence-electron chi connectivity index (χ1n) is 5.08. The third kappa shape index (κ3) is 3.54. The molecule has 1 rings (SSSR count). The van der Waals surface area contributed by atoms with Crippen LogP contribution in [0.3, 0.4) is 0 Å². The van der Waals surface area contributed by atoms with E-state index in [1.165, 1.54) is 27.4 Å². The molecule has 0 unspecified atom stereocenters. The van der Waals surface area contributed by atoms with Gasteiger partial charge in [0.25, 0.3) is 0 Å². The molecule has 0 fully saturated rings. The van der Waals surface area contributed by atoms with E-state index in [4.69, 9.17) is 4.89 Å². The molecule has 6 nitrogen and oxygen atoms in total. The van der Waals surface area contributed by atoms with Crippen molar-refractivity contribution in [3.05, 3.63) is 34.9 Å². The molecule has 0 aromatic heterocycles. The summed E-state index contributed by atoms with van der Waals surface area (Å²) in [5, 5.41) is 0. The fourth-order valence-electron chi connectivity index (χ4n) is 1.37. The number of esters is 2. The Balaban J connectivity index is 3.11. The van der Waals surface area contributed by atoms with Crippen LogP contribution in [-0.4, -0.2) is 33.3 Å². The van der Waals surface area contributed by atoms with Crippen LogP contribution in [0.25, 0.3) is 0 Å². The van der Waals surface area contributed by atoms with Gasteiger partial charge in [0.1, 0.15) is 6.61 Å². The van der Waals surface area contributed by atoms with Crippen LogP contribution in [0.15, 0.2) is 18.2 Å². The zero-order chi connectivity index (χ0) is 13.5. The summed E-state index contributed by atoms with van der Waals surface area (Å²) in [5.41, 5.74) is 1.09. The monoisotopic (exact) mass is 254 g/mol. The Morgan fingerprint density at radius 1 is 0.944 bits per heavy atom. The Bertz CT molecular complexity index is 406. The first-order chi connectivity index (χ1) is 8.62. The quantitative estimate of drug-likeness (QED) is 0.448. The molecule has 98 valence electrons. The van der Waals surface area contributed by atoms with E-state index in [-0.39, 0.29) is 17.7 Å². The highest BCUT2D eigenvalue weighted by molar-refractivity contribution is 5.95. The van der Waals surface area contributed by atoms with Crippen LogP contribution in [0, 0.1) is 0 Å². The van der Waals surface area contributed by atoms with Crippen LogP contribution in [0.5, 0.6) is 0 Å². The molecule has 0 radical (unpaired) electrons.